The predicted molar refractivity (Wildman–Crippen MR) is 49.4 cm³/mol. The summed E-state index contributed by atoms with van der Waals surface area (Å²) in [6.07, 6.45) is 0. The summed E-state index contributed by atoms with van der Waals surface area (Å²) in [7, 11) is 0. The molecule has 1 amide bonds. The molecule has 1 aliphatic rings. The number of rotatable bonds is 0. The Morgan fingerprint density at radius 2 is 1.58 bits per heavy atom. The Morgan fingerprint density at radius 3 is 1.92 bits per heavy atom. The van der Waals surface area contributed by atoms with Crippen molar-refractivity contribution in [1.82, 2.24) is 9.91 Å². The van der Waals surface area contributed by atoms with Crippen molar-refractivity contribution in [2.24, 2.45) is 5.84 Å². The highest BCUT2D eigenvalue weighted by Crippen LogP contribution is 1.96. The number of piperazine rings is 1. The van der Waals surface area contributed by atoms with Crippen LogP contribution in [0.1, 0.15) is 20.8 Å². The molecular weight excluding hydrogens is 154 g/mol. The minimum atomic E-state index is 0.146. The number of amides is 1. The van der Waals surface area contributed by atoms with E-state index in [0.717, 1.165) is 26.2 Å². The third-order valence-electron chi connectivity index (χ3n) is 1.76. The van der Waals surface area contributed by atoms with Gasteiger partial charge in [-0.05, 0) is 0 Å². The molecule has 0 unspecified atom stereocenters. The molecule has 1 heterocycles. The predicted octanol–water partition coefficient (Wildman–Crippen LogP) is 0.0504. The number of nitrogens with two attached hydrogens (primary N) is 1. The third-order valence-corrected chi connectivity index (χ3v) is 1.76. The average molecular weight is 173 g/mol. The van der Waals surface area contributed by atoms with Gasteiger partial charge in [-0.1, -0.05) is 13.8 Å². The van der Waals surface area contributed by atoms with Gasteiger partial charge in [-0.25, -0.2) is 5.01 Å². The van der Waals surface area contributed by atoms with Gasteiger partial charge in [0.25, 0.3) is 0 Å². The second kappa shape index (κ2) is 5.97. The van der Waals surface area contributed by atoms with Crippen LogP contribution in [0.4, 0.5) is 0 Å². The van der Waals surface area contributed by atoms with Crippen LogP contribution in [-0.2, 0) is 4.79 Å². The Labute approximate surface area is 74.3 Å². The van der Waals surface area contributed by atoms with Crippen LogP contribution < -0.4 is 5.84 Å². The van der Waals surface area contributed by atoms with Gasteiger partial charge in [0.05, 0.1) is 0 Å². The summed E-state index contributed by atoms with van der Waals surface area (Å²) in [5, 5.41) is 1.74. The maximum absolute atomic E-state index is 10.8. The van der Waals surface area contributed by atoms with E-state index in [1.807, 2.05) is 18.7 Å². The molecule has 1 aliphatic heterocycles. The first-order chi connectivity index (χ1) is 5.70. The standard InChI is InChI=1S/C6H13N3O.C2H6/c1-6(10)8-2-4-9(7)5-3-8;1-2/h2-5,7H2,1H3;1-2H3. The third kappa shape index (κ3) is 3.69. The number of nitrogens with zero attached hydrogens (tertiary/aromatic N) is 2. The average Bonchev–Trinajstić information content (AvgIpc) is 2.09. The zero-order chi connectivity index (χ0) is 9.56. The van der Waals surface area contributed by atoms with E-state index < -0.39 is 0 Å². The summed E-state index contributed by atoms with van der Waals surface area (Å²) in [5.74, 6) is 5.64. The molecule has 4 nitrogen and oxygen atoms in total. The molecule has 1 fully saturated rings. The second-order valence-electron chi connectivity index (χ2n) is 2.54. The van der Waals surface area contributed by atoms with Crippen molar-refractivity contribution in [3.63, 3.8) is 0 Å². The molecule has 0 saturated carbocycles. The minimum Gasteiger partial charge on any atom is -0.340 e. The lowest BCUT2D eigenvalue weighted by molar-refractivity contribution is -0.130. The molecule has 0 aliphatic carbocycles. The summed E-state index contributed by atoms with van der Waals surface area (Å²) in [6.45, 7) is 8.71. The van der Waals surface area contributed by atoms with Crippen molar-refractivity contribution >= 4 is 5.91 Å². The highest BCUT2D eigenvalue weighted by atomic mass is 16.2. The number of hydrogen-bond acceptors (Lipinski definition) is 3. The Kier molecular flexibility index (Phi) is 5.66. The largest absolute Gasteiger partial charge is 0.340 e. The summed E-state index contributed by atoms with van der Waals surface area (Å²) < 4.78 is 0. The van der Waals surface area contributed by atoms with E-state index in [0.29, 0.717) is 0 Å². The number of carbonyl (C=O) groups is 1. The lowest BCUT2D eigenvalue weighted by atomic mass is 10.3. The van der Waals surface area contributed by atoms with Crippen molar-refractivity contribution in [3.8, 4) is 0 Å². The quantitative estimate of drug-likeness (QED) is 0.527. The zero-order valence-corrected chi connectivity index (χ0v) is 8.21. The number of hydrogen-bond donors (Lipinski definition) is 1. The Bertz CT molecular complexity index is 130. The molecule has 0 atom stereocenters. The molecule has 12 heavy (non-hydrogen) atoms. The molecule has 72 valence electrons. The molecule has 0 radical (unpaired) electrons. The first-order valence-electron chi connectivity index (χ1n) is 4.45. The molecule has 2 N–H and O–H groups in total. The maximum atomic E-state index is 10.8. The fourth-order valence-corrected chi connectivity index (χ4v) is 1.04. The van der Waals surface area contributed by atoms with Crippen LogP contribution in [0, 0.1) is 0 Å². The Morgan fingerprint density at radius 1 is 1.17 bits per heavy atom. The van der Waals surface area contributed by atoms with Crippen LogP contribution in [0.5, 0.6) is 0 Å². The molecule has 0 spiro atoms. The van der Waals surface area contributed by atoms with E-state index in [1.54, 1.807) is 11.9 Å². The van der Waals surface area contributed by atoms with Crippen LogP contribution >= 0.6 is 0 Å². The molecule has 4 heteroatoms. The Hall–Kier alpha value is -0.610. The van der Waals surface area contributed by atoms with E-state index in [2.05, 4.69) is 0 Å². The molecule has 0 aromatic rings. The lowest BCUT2D eigenvalue weighted by Gasteiger charge is -2.31. The van der Waals surface area contributed by atoms with E-state index >= 15 is 0 Å². The lowest BCUT2D eigenvalue weighted by Crippen LogP contribution is -2.50. The fourth-order valence-electron chi connectivity index (χ4n) is 1.04. The van der Waals surface area contributed by atoms with Crippen molar-refractivity contribution in [2.75, 3.05) is 26.2 Å². The van der Waals surface area contributed by atoms with Gasteiger partial charge >= 0.3 is 0 Å². The van der Waals surface area contributed by atoms with E-state index in [9.17, 15) is 4.79 Å². The molecule has 1 rings (SSSR count). The molecule has 1 saturated heterocycles. The summed E-state index contributed by atoms with van der Waals surface area (Å²) in [5.41, 5.74) is 0. The van der Waals surface area contributed by atoms with Crippen LogP contribution in [0.25, 0.3) is 0 Å². The molecular formula is C8H19N3O. The SMILES string of the molecule is CC.CC(=O)N1CCN(N)CC1. The Balaban J connectivity index is 0.000000561. The van der Waals surface area contributed by atoms with E-state index in [1.165, 1.54) is 0 Å². The van der Waals surface area contributed by atoms with Gasteiger partial charge in [-0.2, -0.15) is 0 Å². The zero-order valence-electron chi connectivity index (χ0n) is 8.21. The first kappa shape index (κ1) is 11.4. The maximum Gasteiger partial charge on any atom is 0.219 e. The summed E-state index contributed by atoms with van der Waals surface area (Å²) >= 11 is 0. The van der Waals surface area contributed by atoms with E-state index in [4.69, 9.17) is 5.84 Å². The van der Waals surface area contributed by atoms with Crippen LogP contribution in [0.2, 0.25) is 0 Å². The highest BCUT2D eigenvalue weighted by molar-refractivity contribution is 5.73. The van der Waals surface area contributed by atoms with Crippen LogP contribution in [-0.4, -0.2) is 42.0 Å². The second-order valence-corrected chi connectivity index (χ2v) is 2.54. The van der Waals surface area contributed by atoms with Gasteiger partial charge in [0.2, 0.25) is 5.91 Å². The monoisotopic (exact) mass is 173 g/mol. The molecule has 0 aromatic carbocycles. The van der Waals surface area contributed by atoms with Crippen molar-refractivity contribution < 1.29 is 4.79 Å². The highest BCUT2D eigenvalue weighted by Gasteiger charge is 2.15. The van der Waals surface area contributed by atoms with Crippen molar-refractivity contribution in [3.05, 3.63) is 0 Å². The van der Waals surface area contributed by atoms with Gasteiger partial charge in [-0.3, -0.25) is 10.6 Å². The number of carbonyl (C=O) groups excluding carboxylic acids is 1. The van der Waals surface area contributed by atoms with Gasteiger partial charge in [-0.15, -0.1) is 0 Å². The molecule has 0 aromatic heterocycles. The summed E-state index contributed by atoms with van der Waals surface area (Å²) in [6, 6.07) is 0. The summed E-state index contributed by atoms with van der Waals surface area (Å²) in [4.78, 5) is 12.6. The van der Waals surface area contributed by atoms with Crippen molar-refractivity contribution in [1.29, 1.82) is 0 Å². The van der Waals surface area contributed by atoms with Gasteiger partial charge in [0, 0.05) is 33.1 Å². The van der Waals surface area contributed by atoms with Gasteiger partial charge < -0.3 is 4.90 Å². The van der Waals surface area contributed by atoms with Gasteiger partial charge in [0.1, 0.15) is 0 Å². The number of hydrazine groups is 1. The fraction of sp³-hybridized carbons (Fsp3) is 0.875. The smallest absolute Gasteiger partial charge is 0.219 e. The topological polar surface area (TPSA) is 49.6 Å². The van der Waals surface area contributed by atoms with Crippen LogP contribution in [0.15, 0.2) is 0 Å². The normalized spacial score (nSPS) is 18.2. The molecule has 0 bridgehead atoms. The van der Waals surface area contributed by atoms with E-state index in [-0.39, 0.29) is 5.91 Å². The van der Waals surface area contributed by atoms with Gasteiger partial charge in [0.15, 0.2) is 0 Å². The first-order valence-corrected chi connectivity index (χ1v) is 4.45. The minimum absolute atomic E-state index is 0.146. The van der Waals surface area contributed by atoms with Crippen molar-refractivity contribution in [2.45, 2.75) is 20.8 Å². The van der Waals surface area contributed by atoms with Crippen LogP contribution in [0.3, 0.4) is 0 Å².